The molecule has 1 heterocycles. The summed E-state index contributed by atoms with van der Waals surface area (Å²) in [6, 6.07) is 8.58. The molecule has 1 amide bonds. The van der Waals surface area contributed by atoms with Crippen LogP contribution in [0.4, 0.5) is 0 Å². The summed E-state index contributed by atoms with van der Waals surface area (Å²) in [6.45, 7) is 6.05. The minimum absolute atomic E-state index is 0.218. The lowest BCUT2D eigenvalue weighted by Crippen LogP contribution is -2.47. The maximum atomic E-state index is 12.3. The molecule has 1 fully saturated rings. The average Bonchev–Trinajstić information content (AvgIpc) is 2.41. The van der Waals surface area contributed by atoms with Gasteiger partial charge in [-0.1, -0.05) is 37.6 Å². The first-order valence-corrected chi connectivity index (χ1v) is 7.70. The van der Waals surface area contributed by atoms with Crippen molar-refractivity contribution in [1.82, 2.24) is 10.2 Å². The van der Waals surface area contributed by atoms with Crippen molar-refractivity contribution in [3.63, 3.8) is 0 Å². The van der Waals surface area contributed by atoms with Gasteiger partial charge in [-0.2, -0.15) is 0 Å². The summed E-state index contributed by atoms with van der Waals surface area (Å²) < 4.78 is 0. The van der Waals surface area contributed by atoms with Gasteiger partial charge in [0.1, 0.15) is 0 Å². The van der Waals surface area contributed by atoms with E-state index in [-0.39, 0.29) is 5.91 Å². The molecule has 20 heavy (non-hydrogen) atoms. The third-order valence-corrected chi connectivity index (χ3v) is 3.94. The predicted molar refractivity (Wildman–Crippen MR) is 83.0 cm³/mol. The fourth-order valence-electron chi connectivity index (χ4n) is 2.66. The number of nitrogens with zero attached hydrogens (tertiary/aromatic N) is 1. The average molecular weight is 295 g/mol. The SMILES string of the molecule is CC(C)NC1CCN(C(=O)Cc2ccc(Cl)cc2)CC1. The van der Waals surface area contributed by atoms with Crippen molar-refractivity contribution in [3.8, 4) is 0 Å². The third-order valence-electron chi connectivity index (χ3n) is 3.69. The highest BCUT2D eigenvalue weighted by Gasteiger charge is 2.22. The van der Waals surface area contributed by atoms with Gasteiger partial charge in [0.05, 0.1) is 6.42 Å². The lowest BCUT2D eigenvalue weighted by Gasteiger charge is -2.33. The van der Waals surface area contributed by atoms with Crippen LogP contribution >= 0.6 is 11.6 Å². The predicted octanol–water partition coefficient (Wildman–Crippen LogP) is 2.87. The first-order chi connectivity index (χ1) is 9.54. The van der Waals surface area contributed by atoms with Crippen LogP contribution < -0.4 is 5.32 Å². The van der Waals surface area contributed by atoms with Crippen LogP contribution in [0.25, 0.3) is 0 Å². The van der Waals surface area contributed by atoms with Gasteiger partial charge in [0.15, 0.2) is 0 Å². The topological polar surface area (TPSA) is 32.3 Å². The molecule has 1 N–H and O–H groups in total. The van der Waals surface area contributed by atoms with Gasteiger partial charge in [0.2, 0.25) is 5.91 Å². The highest BCUT2D eigenvalue weighted by molar-refractivity contribution is 6.30. The van der Waals surface area contributed by atoms with Crippen LogP contribution in [-0.4, -0.2) is 36.0 Å². The van der Waals surface area contributed by atoms with Crippen LogP contribution in [0.2, 0.25) is 5.02 Å². The minimum Gasteiger partial charge on any atom is -0.342 e. The molecule has 2 rings (SSSR count). The van der Waals surface area contributed by atoms with E-state index in [1.54, 1.807) is 0 Å². The Kier molecular flexibility index (Phi) is 5.44. The highest BCUT2D eigenvalue weighted by atomic mass is 35.5. The van der Waals surface area contributed by atoms with Crippen LogP contribution in [0.1, 0.15) is 32.3 Å². The Bertz CT molecular complexity index is 436. The molecule has 1 aromatic carbocycles. The zero-order valence-corrected chi connectivity index (χ0v) is 13.0. The molecule has 3 nitrogen and oxygen atoms in total. The number of carbonyl (C=O) groups is 1. The molecule has 0 spiro atoms. The molecular weight excluding hydrogens is 272 g/mol. The number of hydrogen-bond donors (Lipinski definition) is 1. The van der Waals surface area contributed by atoms with Crippen molar-refractivity contribution in [2.75, 3.05) is 13.1 Å². The summed E-state index contributed by atoms with van der Waals surface area (Å²) in [5.41, 5.74) is 1.03. The second-order valence-electron chi connectivity index (χ2n) is 5.78. The lowest BCUT2D eigenvalue weighted by molar-refractivity contribution is -0.131. The second-order valence-corrected chi connectivity index (χ2v) is 6.22. The summed E-state index contributed by atoms with van der Waals surface area (Å²) in [5, 5.41) is 4.25. The van der Waals surface area contributed by atoms with E-state index >= 15 is 0 Å². The molecular formula is C16H23ClN2O. The number of likely N-dealkylation sites (tertiary alicyclic amines) is 1. The first kappa shape index (κ1) is 15.3. The van der Waals surface area contributed by atoms with Crippen molar-refractivity contribution in [3.05, 3.63) is 34.9 Å². The van der Waals surface area contributed by atoms with Gasteiger partial charge < -0.3 is 10.2 Å². The number of hydrogen-bond acceptors (Lipinski definition) is 2. The minimum atomic E-state index is 0.218. The Morgan fingerprint density at radius 1 is 1.30 bits per heavy atom. The third kappa shape index (κ3) is 4.50. The molecule has 0 aromatic heterocycles. The molecule has 110 valence electrons. The van der Waals surface area contributed by atoms with Crippen LogP contribution in [0.3, 0.4) is 0 Å². The normalized spacial score (nSPS) is 16.7. The summed E-state index contributed by atoms with van der Waals surface area (Å²) in [5.74, 6) is 0.218. The van der Waals surface area contributed by atoms with E-state index in [1.807, 2.05) is 29.2 Å². The van der Waals surface area contributed by atoms with Crippen molar-refractivity contribution in [2.45, 2.75) is 45.2 Å². The second kappa shape index (κ2) is 7.09. The van der Waals surface area contributed by atoms with Crippen LogP contribution in [-0.2, 0) is 11.2 Å². The molecule has 1 aliphatic rings. The summed E-state index contributed by atoms with van der Waals surface area (Å²) in [7, 11) is 0. The molecule has 0 atom stereocenters. The van der Waals surface area contributed by atoms with Crippen molar-refractivity contribution >= 4 is 17.5 Å². The smallest absolute Gasteiger partial charge is 0.226 e. The fourth-order valence-corrected chi connectivity index (χ4v) is 2.78. The molecule has 1 aliphatic heterocycles. The first-order valence-electron chi connectivity index (χ1n) is 7.33. The van der Waals surface area contributed by atoms with E-state index in [1.165, 1.54) is 0 Å². The Labute approximate surface area is 126 Å². The molecule has 0 aliphatic carbocycles. The van der Waals surface area contributed by atoms with E-state index in [4.69, 9.17) is 11.6 Å². The lowest BCUT2D eigenvalue weighted by atomic mass is 10.0. The van der Waals surface area contributed by atoms with Gasteiger partial charge in [0.25, 0.3) is 0 Å². The molecule has 0 radical (unpaired) electrons. The Hall–Kier alpha value is -1.06. The van der Waals surface area contributed by atoms with Crippen molar-refractivity contribution in [1.29, 1.82) is 0 Å². The highest BCUT2D eigenvalue weighted by Crippen LogP contribution is 2.14. The Morgan fingerprint density at radius 2 is 1.90 bits per heavy atom. The molecule has 1 aromatic rings. The summed E-state index contributed by atoms with van der Waals surface area (Å²) in [6.07, 6.45) is 2.56. The van der Waals surface area contributed by atoms with Gasteiger partial charge in [-0.05, 0) is 30.5 Å². The van der Waals surface area contributed by atoms with Crippen LogP contribution in [0.15, 0.2) is 24.3 Å². The van der Waals surface area contributed by atoms with Gasteiger partial charge in [-0.15, -0.1) is 0 Å². The van der Waals surface area contributed by atoms with Gasteiger partial charge >= 0.3 is 0 Å². The van der Waals surface area contributed by atoms with Gasteiger partial charge in [-0.3, -0.25) is 4.79 Å². The Balaban J connectivity index is 1.81. The summed E-state index contributed by atoms with van der Waals surface area (Å²) in [4.78, 5) is 14.2. The number of rotatable bonds is 4. The van der Waals surface area contributed by atoms with E-state index in [0.29, 0.717) is 23.5 Å². The number of piperidine rings is 1. The zero-order chi connectivity index (χ0) is 14.5. The largest absolute Gasteiger partial charge is 0.342 e. The maximum absolute atomic E-state index is 12.3. The number of nitrogens with one attached hydrogen (secondary N) is 1. The number of benzene rings is 1. The van der Waals surface area contributed by atoms with E-state index < -0.39 is 0 Å². The molecule has 0 bridgehead atoms. The fraction of sp³-hybridized carbons (Fsp3) is 0.562. The van der Waals surface area contributed by atoms with Crippen LogP contribution in [0, 0.1) is 0 Å². The number of halogens is 1. The monoisotopic (exact) mass is 294 g/mol. The zero-order valence-electron chi connectivity index (χ0n) is 12.2. The molecule has 4 heteroatoms. The summed E-state index contributed by atoms with van der Waals surface area (Å²) >= 11 is 5.85. The van der Waals surface area contributed by atoms with E-state index in [2.05, 4.69) is 19.2 Å². The molecule has 1 saturated heterocycles. The molecule has 0 saturated carbocycles. The standard InChI is InChI=1S/C16H23ClN2O/c1-12(2)18-15-7-9-19(10-8-15)16(20)11-13-3-5-14(17)6-4-13/h3-6,12,15,18H,7-11H2,1-2H3. The molecule has 0 unspecified atom stereocenters. The van der Waals surface area contributed by atoms with E-state index in [9.17, 15) is 4.79 Å². The van der Waals surface area contributed by atoms with Crippen LogP contribution in [0.5, 0.6) is 0 Å². The van der Waals surface area contributed by atoms with Crippen molar-refractivity contribution in [2.24, 2.45) is 0 Å². The van der Waals surface area contributed by atoms with E-state index in [0.717, 1.165) is 31.5 Å². The Morgan fingerprint density at radius 3 is 2.45 bits per heavy atom. The van der Waals surface area contributed by atoms with Gasteiger partial charge in [0, 0.05) is 30.2 Å². The quantitative estimate of drug-likeness (QED) is 0.926. The maximum Gasteiger partial charge on any atom is 0.226 e. The van der Waals surface area contributed by atoms with Gasteiger partial charge in [-0.25, -0.2) is 0 Å². The number of amides is 1. The number of carbonyl (C=O) groups excluding carboxylic acids is 1. The van der Waals surface area contributed by atoms with Crippen molar-refractivity contribution < 1.29 is 4.79 Å².